The number of aryl methyl sites for hydroxylation is 2. The molecule has 158 valence electrons. The van der Waals surface area contributed by atoms with Crippen molar-refractivity contribution in [1.29, 1.82) is 0 Å². The lowest BCUT2D eigenvalue weighted by Gasteiger charge is -2.16. The summed E-state index contributed by atoms with van der Waals surface area (Å²) in [6.45, 7) is 3.58. The zero-order valence-corrected chi connectivity index (χ0v) is 17.0. The molecule has 2 aromatic heterocycles. The number of hydrogen-bond donors (Lipinski definition) is 2. The van der Waals surface area contributed by atoms with Crippen molar-refractivity contribution >= 4 is 28.8 Å². The van der Waals surface area contributed by atoms with Gasteiger partial charge >= 0.3 is 6.18 Å². The fourth-order valence-electron chi connectivity index (χ4n) is 2.87. The van der Waals surface area contributed by atoms with Crippen LogP contribution >= 0.6 is 11.3 Å². The van der Waals surface area contributed by atoms with Gasteiger partial charge in [-0.3, -0.25) is 9.59 Å². The monoisotopic (exact) mass is 436 g/mol. The van der Waals surface area contributed by atoms with Crippen molar-refractivity contribution in [3.05, 3.63) is 63.6 Å². The minimum Gasteiger partial charge on any atom is -0.351 e. The van der Waals surface area contributed by atoms with E-state index < -0.39 is 17.6 Å². The fourth-order valence-corrected chi connectivity index (χ4v) is 3.50. The number of aromatic nitrogens is 2. The van der Waals surface area contributed by atoms with Gasteiger partial charge in [0.05, 0.1) is 22.6 Å². The van der Waals surface area contributed by atoms with Crippen LogP contribution in [0.15, 0.2) is 41.1 Å². The Bertz CT molecular complexity index is 1060. The summed E-state index contributed by atoms with van der Waals surface area (Å²) < 4.78 is 41.0. The van der Waals surface area contributed by atoms with Gasteiger partial charge in [-0.2, -0.15) is 29.6 Å². The topological polar surface area (TPSA) is 76.0 Å². The number of benzene rings is 1. The van der Waals surface area contributed by atoms with E-state index in [0.717, 1.165) is 12.1 Å². The van der Waals surface area contributed by atoms with E-state index in [4.69, 9.17) is 0 Å². The van der Waals surface area contributed by atoms with Crippen molar-refractivity contribution in [2.45, 2.75) is 26.4 Å². The predicted molar refractivity (Wildman–Crippen MR) is 108 cm³/mol. The summed E-state index contributed by atoms with van der Waals surface area (Å²) in [5.41, 5.74) is 1.33. The molecule has 2 amide bonds. The number of alkyl halides is 3. The van der Waals surface area contributed by atoms with Crippen LogP contribution in [0.1, 0.15) is 33.7 Å². The second-order valence-corrected chi connectivity index (χ2v) is 7.41. The van der Waals surface area contributed by atoms with Crippen LogP contribution in [0.25, 0.3) is 5.69 Å². The van der Waals surface area contributed by atoms with E-state index in [1.165, 1.54) is 22.1 Å². The van der Waals surface area contributed by atoms with Gasteiger partial charge < -0.3 is 10.6 Å². The van der Waals surface area contributed by atoms with E-state index in [9.17, 15) is 22.8 Å². The van der Waals surface area contributed by atoms with Gasteiger partial charge in [0.15, 0.2) is 0 Å². The van der Waals surface area contributed by atoms with Gasteiger partial charge in [0.25, 0.3) is 5.91 Å². The third-order valence-corrected chi connectivity index (χ3v) is 4.94. The lowest BCUT2D eigenvalue weighted by Crippen LogP contribution is -2.27. The Hall–Kier alpha value is -3.14. The highest BCUT2D eigenvalue weighted by atomic mass is 32.1. The Labute approximate surface area is 174 Å². The highest BCUT2D eigenvalue weighted by Crippen LogP contribution is 2.33. The number of hydrogen-bond acceptors (Lipinski definition) is 4. The van der Waals surface area contributed by atoms with Crippen LogP contribution in [-0.2, 0) is 11.0 Å². The van der Waals surface area contributed by atoms with Crippen molar-refractivity contribution < 1.29 is 22.8 Å². The molecule has 0 atom stereocenters. The number of nitrogens with zero attached hydrogens (tertiary/aromatic N) is 2. The summed E-state index contributed by atoms with van der Waals surface area (Å²) in [6, 6.07) is 6.54. The molecule has 30 heavy (non-hydrogen) atoms. The zero-order valence-electron chi connectivity index (χ0n) is 16.2. The molecule has 0 saturated heterocycles. The minimum absolute atomic E-state index is 0.00909. The SMILES string of the molecule is Cc1cc(C)n(-c2ccc(C(F)(F)F)cc2NC(=O)CCNC(=O)c2ccsc2)n1. The molecule has 2 N–H and O–H groups in total. The first-order valence-electron chi connectivity index (χ1n) is 9.00. The highest BCUT2D eigenvalue weighted by molar-refractivity contribution is 7.08. The maximum absolute atomic E-state index is 13.2. The molecule has 0 aliphatic carbocycles. The van der Waals surface area contributed by atoms with Crippen LogP contribution < -0.4 is 10.6 Å². The Morgan fingerprint density at radius 1 is 1.17 bits per heavy atom. The smallest absolute Gasteiger partial charge is 0.351 e. The summed E-state index contributed by atoms with van der Waals surface area (Å²) in [6.07, 6.45) is -4.65. The summed E-state index contributed by atoms with van der Waals surface area (Å²) in [4.78, 5) is 24.3. The van der Waals surface area contributed by atoms with E-state index >= 15 is 0 Å². The second-order valence-electron chi connectivity index (χ2n) is 6.63. The van der Waals surface area contributed by atoms with Gasteiger partial charge in [0, 0.05) is 29.6 Å². The molecule has 0 radical (unpaired) electrons. The predicted octanol–water partition coefficient (Wildman–Crippen LogP) is 4.33. The van der Waals surface area contributed by atoms with Crippen molar-refractivity contribution in [2.24, 2.45) is 0 Å². The normalized spacial score (nSPS) is 11.4. The molecular weight excluding hydrogens is 417 g/mol. The van der Waals surface area contributed by atoms with Gasteiger partial charge in [0.1, 0.15) is 0 Å². The molecule has 2 heterocycles. The van der Waals surface area contributed by atoms with E-state index in [1.54, 1.807) is 36.7 Å². The number of anilines is 1. The number of rotatable bonds is 6. The van der Waals surface area contributed by atoms with Crippen LogP contribution in [0.2, 0.25) is 0 Å². The Kier molecular flexibility index (Phi) is 6.25. The number of thiophene rings is 1. The highest BCUT2D eigenvalue weighted by Gasteiger charge is 2.31. The summed E-state index contributed by atoms with van der Waals surface area (Å²) in [5.74, 6) is -0.839. The Morgan fingerprint density at radius 2 is 1.93 bits per heavy atom. The molecule has 0 bridgehead atoms. The van der Waals surface area contributed by atoms with Gasteiger partial charge in [-0.25, -0.2) is 4.68 Å². The average molecular weight is 436 g/mol. The molecule has 0 spiro atoms. The third-order valence-electron chi connectivity index (χ3n) is 4.26. The van der Waals surface area contributed by atoms with E-state index in [1.807, 2.05) is 0 Å². The number of carbonyl (C=O) groups excluding carboxylic acids is 2. The molecule has 0 unspecified atom stereocenters. The standard InChI is InChI=1S/C20H19F3N4O2S/c1-12-9-13(2)27(26-12)17-4-3-15(20(21,22)23)10-16(17)25-18(28)5-7-24-19(29)14-6-8-30-11-14/h3-4,6,8-11H,5,7H2,1-2H3,(H,24,29)(H,25,28). The van der Waals surface area contributed by atoms with Crippen LogP contribution in [0.5, 0.6) is 0 Å². The van der Waals surface area contributed by atoms with Gasteiger partial charge in [-0.1, -0.05) is 0 Å². The molecule has 10 heteroatoms. The van der Waals surface area contributed by atoms with Crippen molar-refractivity contribution in [3.63, 3.8) is 0 Å². The number of nitrogens with one attached hydrogen (secondary N) is 2. The lowest BCUT2D eigenvalue weighted by atomic mass is 10.1. The van der Waals surface area contributed by atoms with Gasteiger partial charge in [-0.15, -0.1) is 0 Å². The second kappa shape index (κ2) is 8.70. The Balaban J connectivity index is 1.76. The first-order valence-corrected chi connectivity index (χ1v) is 9.94. The van der Waals surface area contributed by atoms with Crippen LogP contribution in [0, 0.1) is 13.8 Å². The van der Waals surface area contributed by atoms with E-state index in [0.29, 0.717) is 22.6 Å². The maximum atomic E-state index is 13.2. The molecular formula is C20H19F3N4O2S. The zero-order chi connectivity index (χ0) is 21.9. The summed E-state index contributed by atoms with van der Waals surface area (Å²) in [7, 11) is 0. The first kappa shape index (κ1) is 21.6. The van der Waals surface area contributed by atoms with Crippen LogP contribution in [0.4, 0.5) is 18.9 Å². The molecule has 3 rings (SSSR count). The molecule has 0 aliphatic rings. The van der Waals surface area contributed by atoms with Crippen molar-refractivity contribution in [1.82, 2.24) is 15.1 Å². The van der Waals surface area contributed by atoms with Crippen molar-refractivity contribution in [2.75, 3.05) is 11.9 Å². The number of halogens is 3. The van der Waals surface area contributed by atoms with E-state index in [-0.39, 0.29) is 24.6 Å². The lowest BCUT2D eigenvalue weighted by molar-refractivity contribution is -0.137. The van der Waals surface area contributed by atoms with Gasteiger partial charge in [-0.05, 0) is 49.6 Å². The van der Waals surface area contributed by atoms with Crippen LogP contribution in [-0.4, -0.2) is 28.1 Å². The quantitative estimate of drug-likeness (QED) is 0.604. The third kappa shape index (κ3) is 5.07. The average Bonchev–Trinajstić information content (AvgIpc) is 3.30. The molecule has 6 nitrogen and oxygen atoms in total. The fraction of sp³-hybridized carbons (Fsp3) is 0.250. The molecule has 0 saturated carbocycles. The molecule has 0 fully saturated rings. The first-order chi connectivity index (χ1) is 14.1. The number of amides is 2. The Morgan fingerprint density at radius 3 is 2.53 bits per heavy atom. The molecule has 3 aromatic rings. The number of carbonyl (C=O) groups is 2. The summed E-state index contributed by atoms with van der Waals surface area (Å²) in [5, 5.41) is 12.8. The molecule has 0 aliphatic heterocycles. The van der Waals surface area contributed by atoms with Crippen molar-refractivity contribution in [3.8, 4) is 5.69 Å². The maximum Gasteiger partial charge on any atom is 0.416 e. The van der Waals surface area contributed by atoms with Gasteiger partial charge in [0.2, 0.25) is 5.91 Å². The largest absolute Gasteiger partial charge is 0.416 e. The minimum atomic E-state index is -4.55. The van der Waals surface area contributed by atoms with E-state index in [2.05, 4.69) is 15.7 Å². The molecule has 1 aromatic carbocycles. The summed E-state index contributed by atoms with van der Waals surface area (Å²) >= 11 is 1.37. The van der Waals surface area contributed by atoms with Crippen LogP contribution in [0.3, 0.4) is 0 Å².